The monoisotopic (exact) mass is 303 g/mol. The van der Waals surface area contributed by atoms with Crippen molar-refractivity contribution in [1.82, 2.24) is 5.32 Å². The maximum Gasteiger partial charge on any atom is 0.319 e. The summed E-state index contributed by atoms with van der Waals surface area (Å²) in [7, 11) is 0. The van der Waals surface area contributed by atoms with Crippen LogP contribution in [0.4, 0.5) is 0 Å². The predicted octanol–water partition coefficient (Wildman–Crippen LogP) is 2.10. The van der Waals surface area contributed by atoms with Gasteiger partial charge in [-0.15, -0.1) is 12.3 Å². The van der Waals surface area contributed by atoms with Crippen molar-refractivity contribution in [3.63, 3.8) is 0 Å². The molecule has 3 rings (SSSR count). The van der Waals surface area contributed by atoms with E-state index in [0.29, 0.717) is 38.6 Å². The Hall–Kier alpha value is -1.90. The van der Waals surface area contributed by atoms with E-state index >= 15 is 0 Å². The summed E-state index contributed by atoms with van der Waals surface area (Å²) in [5, 5.41) is 20.3. The van der Waals surface area contributed by atoms with Crippen LogP contribution in [0.2, 0.25) is 0 Å². The fourth-order valence-electron chi connectivity index (χ4n) is 3.88. The van der Waals surface area contributed by atoms with Crippen LogP contribution < -0.4 is 5.32 Å². The van der Waals surface area contributed by atoms with E-state index in [-0.39, 0.29) is 11.3 Å². The SMILES string of the molecule is C#CCCC1(CCNC(=O)C2(C(=O)O)CC3(CCC3)C2)N=N1. The summed E-state index contributed by atoms with van der Waals surface area (Å²) in [5.74, 6) is 1.21. The van der Waals surface area contributed by atoms with E-state index < -0.39 is 17.0 Å². The third-order valence-electron chi connectivity index (χ3n) is 5.48. The zero-order valence-corrected chi connectivity index (χ0v) is 12.6. The molecule has 3 aliphatic rings. The Morgan fingerprint density at radius 1 is 1.23 bits per heavy atom. The smallest absolute Gasteiger partial charge is 0.319 e. The zero-order valence-electron chi connectivity index (χ0n) is 12.6. The number of nitrogens with zero attached hydrogens (tertiary/aromatic N) is 2. The van der Waals surface area contributed by atoms with Crippen LogP contribution in [0.15, 0.2) is 10.2 Å². The van der Waals surface area contributed by atoms with Crippen LogP contribution >= 0.6 is 0 Å². The van der Waals surface area contributed by atoms with Gasteiger partial charge in [-0.05, 0) is 31.1 Å². The molecule has 2 saturated carbocycles. The predicted molar refractivity (Wildman–Crippen MR) is 78.9 cm³/mol. The number of carboxylic acids is 1. The van der Waals surface area contributed by atoms with E-state index in [9.17, 15) is 14.7 Å². The Balaban J connectivity index is 1.49. The second kappa shape index (κ2) is 5.08. The first kappa shape index (κ1) is 15.0. The average Bonchev–Trinajstić information content (AvgIpc) is 3.14. The molecule has 0 aromatic carbocycles. The van der Waals surface area contributed by atoms with E-state index in [0.717, 1.165) is 19.3 Å². The number of carbonyl (C=O) groups excluding carboxylic acids is 1. The van der Waals surface area contributed by atoms with Crippen molar-refractivity contribution in [2.45, 2.75) is 57.0 Å². The number of hydrogen-bond donors (Lipinski definition) is 2. The van der Waals surface area contributed by atoms with Crippen LogP contribution in [0.25, 0.3) is 0 Å². The molecule has 6 heteroatoms. The summed E-state index contributed by atoms with van der Waals surface area (Å²) in [6.45, 7) is 0.387. The molecule has 0 bridgehead atoms. The molecule has 2 aliphatic carbocycles. The van der Waals surface area contributed by atoms with Gasteiger partial charge in [0.1, 0.15) is 5.41 Å². The number of nitrogens with one attached hydrogen (secondary N) is 1. The molecule has 0 saturated heterocycles. The first-order valence-corrected chi connectivity index (χ1v) is 7.85. The molecule has 118 valence electrons. The number of rotatable bonds is 7. The van der Waals surface area contributed by atoms with Gasteiger partial charge in [0.05, 0.1) is 0 Å². The fourth-order valence-corrected chi connectivity index (χ4v) is 3.88. The van der Waals surface area contributed by atoms with Crippen molar-refractivity contribution in [2.24, 2.45) is 21.1 Å². The molecular weight excluding hydrogens is 282 g/mol. The van der Waals surface area contributed by atoms with E-state index in [4.69, 9.17) is 6.42 Å². The Morgan fingerprint density at radius 3 is 2.36 bits per heavy atom. The zero-order chi connectivity index (χ0) is 15.8. The molecule has 22 heavy (non-hydrogen) atoms. The molecule has 0 radical (unpaired) electrons. The number of hydrogen-bond acceptors (Lipinski definition) is 4. The number of terminal acetylenes is 1. The normalized spacial score (nSPS) is 24.7. The summed E-state index contributed by atoms with van der Waals surface area (Å²) < 4.78 is 0. The summed E-state index contributed by atoms with van der Waals surface area (Å²) in [5.41, 5.74) is -1.53. The molecule has 1 amide bonds. The number of carboxylic acid groups (broad SMARTS) is 1. The highest BCUT2D eigenvalue weighted by molar-refractivity contribution is 6.03. The minimum atomic E-state index is -1.22. The first-order chi connectivity index (χ1) is 10.5. The molecule has 2 fully saturated rings. The first-order valence-electron chi connectivity index (χ1n) is 7.85. The Labute approximate surface area is 129 Å². The van der Waals surface area contributed by atoms with Gasteiger partial charge in [0.2, 0.25) is 5.91 Å². The van der Waals surface area contributed by atoms with Gasteiger partial charge in [-0.25, -0.2) is 0 Å². The van der Waals surface area contributed by atoms with Crippen molar-refractivity contribution in [3.05, 3.63) is 0 Å². The molecular formula is C16H21N3O3. The van der Waals surface area contributed by atoms with E-state index in [1.165, 1.54) is 0 Å². The molecule has 1 aliphatic heterocycles. The quantitative estimate of drug-likeness (QED) is 0.557. The van der Waals surface area contributed by atoms with Gasteiger partial charge in [0.25, 0.3) is 0 Å². The Kier molecular flexibility index (Phi) is 3.47. The highest BCUT2D eigenvalue weighted by Crippen LogP contribution is 2.64. The van der Waals surface area contributed by atoms with Crippen molar-refractivity contribution in [3.8, 4) is 12.3 Å². The second-order valence-corrected chi connectivity index (χ2v) is 6.99. The highest BCUT2D eigenvalue weighted by atomic mass is 16.4. The molecule has 6 nitrogen and oxygen atoms in total. The Morgan fingerprint density at radius 2 is 1.91 bits per heavy atom. The average molecular weight is 303 g/mol. The Bertz CT molecular complexity index is 558. The molecule has 0 atom stereocenters. The van der Waals surface area contributed by atoms with Crippen molar-refractivity contribution in [1.29, 1.82) is 0 Å². The topological polar surface area (TPSA) is 91.1 Å². The minimum absolute atomic E-state index is 0.130. The molecule has 1 spiro atoms. The van der Waals surface area contributed by atoms with Crippen LogP contribution in [-0.4, -0.2) is 29.2 Å². The minimum Gasteiger partial charge on any atom is -0.480 e. The van der Waals surface area contributed by atoms with Gasteiger partial charge >= 0.3 is 5.97 Å². The summed E-state index contributed by atoms with van der Waals surface area (Å²) in [4.78, 5) is 23.9. The van der Waals surface area contributed by atoms with Crippen LogP contribution in [0.3, 0.4) is 0 Å². The van der Waals surface area contributed by atoms with Gasteiger partial charge in [0.15, 0.2) is 5.66 Å². The van der Waals surface area contributed by atoms with Gasteiger partial charge in [-0.1, -0.05) is 6.42 Å². The van der Waals surface area contributed by atoms with E-state index in [1.807, 2.05) is 0 Å². The number of aliphatic carboxylic acids is 1. The van der Waals surface area contributed by atoms with Gasteiger partial charge < -0.3 is 10.4 Å². The standard InChI is InChI=1S/C16H21N3O3/c1-2-3-7-16(18-19-16)8-9-17-12(20)15(13(21)22)10-14(11-15)5-4-6-14/h1H,3-11H2,(H,17,20)(H,21,22). The maximum atomic E-state index is 12.4. The van der Waals surface area contributed by atoms with Gasteiger partial charge in [0, 0.05) is 25.8 Å². The van der Waals surface area contributed by atoms with Gasteiger partial charge in [-0.3, -0.25) is 9.59 Å². The third-order valence-corrected chi connectivity index (χ3v) is 5.48. The van der Waals surface area contributed by atoms with Crippen molar-refractivity contribution in [2.75, 3.05) is 6.54 Å². The largest absolute Gasteiger partial charge is 0.480 e. The third kappa shape index (κ3) is 2.39. The van der Waals surface area contributed by atoms with Crippen molar-refractivity contribution < 1.29 is 14.7 Å². The van der Waals surface area contributed by atoms with Crippen LogP contribution in [-0.2, 0) is 9.59 Å². The molecule has 0 unspecified atom stereocenters. The lowest BCUT2D eigenvalue weighted by molar-refractivity contribution is -0.181. The lowest BCUT2D eigenvalue weighted by atomic mass is 9.45. The van der Waals surface area contributed by atoms with Gasteiger partial charge in [-0.2, -0.15) is 10.2 Å². The fraction of sp³-hybridized carbons (Fsp3) is 0.750. The van der Waals surface area contributed by atoms with Crippen LogP contribution in [0.5, 0.6) is 0 Å². The molecule has 2 N–H and O–H groups in total. The van der Waals surface area contributed by atoms with Crippen LogP contribution in [0.1, 0.15) is 51.4 Å². The number of amides is 1. The van der Waals surface area contributed by atoms with E-state index in [1.54, 1.807) is 0 Å². The number of carbonyl (C=O) groups is 2. The lowest BCUT2D eigenvalue weighted by Crippen LogP contribution is -2.61. The lowest BCUT2D eigenvalue weighted by Gasteiger charge is -2.58. The molecule has 0 aromatic rings. The summed E-state index contributed by atoms with van der Waals surface area (Å²) in [6.07, 6.45) is 11.3. The second-order valence-electron chi connectivity index (χ2n) is 6.99. The highest BCUT2D eigenvalue weighted by Gasteiger charge is 2.64. The van der Waals surface area contributed by atoms with Crippen LogP contribution in [0, 0.1) is 23.2 Å². The maximum absolute atomic E-state index is 12.4. The molecule has 1 heterocycles. The summed E-state index contributed by atoms with van der Waals surface area (Å²) in [6, 6.07) is 0. The summed E-state index contributed by atoms with van der Waals surface area (Å²) >= 11 is 0. The van der Waals surface area contributed by atoms with Crippen molar-refractivity contribution >= 4 is 11.9 Å². The molecule has 0 aromatic heterocycles. The van der Waals surface area contributed by atoms with E-state index in [2.05, 4.69) is 21.5 Å².